The van der Waals surface area contributed by atoms with E-state index < -0.39 is 24.1 Å². The van der Waals surface area contributed by atoms with Crippen molar-refractivity contribution in [2.24, 2.45) is 0 Å². The molecule has 24 heavy (non-hydrogen) atoms. The van der Waals surface area contributed by atoms with Crippen LogP contribution in [-0.4, -0.2) is 24.1 Å². The molecule has 2 aromatic carbocycles. The normalized spacial score (nSPS) is 12.9. The number of carbonyl (C=O) groups excluding carboxylic acids is 2. The summed E-state index contributed by atoms with van der Waals surface area (Å²) in [5.41, 5.74) is 0.967. The van der Waals surface area contributed by atoms with Gasteiger partial charge in [0.25, 0.3) is 0 Å². The maximum atomic E-state index is 12.2. The summed E-state index contributed by atoms with van der Waals surface area (Å²) in [4.78, 5) is 24.4. The Balaban J connectivity index is 2.01. The molecule has 2 unspecified atom stereocenters. The molecule has 0 aliphatic rings. The monoisotopic (exact) mass is 326 g/mol. The molecule has 2 rings (SSSR count). The number of esters is 2. The molecular weight excluding hydrogens is 304 g/mol. The third kappa shape index (κ3) is 4.95. The maximum absolute atomic E-state index is 12.2. The molecule has 2 atom stereocenters. The standard InChI is InChI=1S/C20H22O4/c1-3-10-18(24-20(22)17-13-8-5-9-14-17)15(2)23-19(21)16-11-6-4-7-12-16/h4-9,11-15,18H,3,10H2,1-2H3. The summed E-state index contributed by atoms with van der Waals surface area (Å²) in [5, 5.41) is 0. The largest absolute Gasteiger partial charge is 0.455 e. The Morgan fingerprint density at radius 2 is 1.29 bits per heavy atom. The topological polar surface area (TPSA) is 52.6 Å². The Hall–Kier alpha value is -2.62. The highest BCUT2D eigenvalue weighted by Gasteiger charge is 2.25. The lowest BCUT2D eigenvalue weighted by atomic mass is 10.1. The van der Waals surface area contributed by atoms with Crippen LogP contribution < -0.4 is 0 Å². The van der Waals surface area contributed by atoms with Crippen molar-refractivity contribution >= 4 is 11.9 Å². The molecule has 0 heterocycles. The fourth-order valence-corrected chi connectivity index (χ4v) is 2.34. The number of hydrogen-bond acceptors (Lipinski definition) is 4. The summed E-state index contributed by atoms with van der Waals surface area (Å²) >= 11 is 0. The van der Waals surface area contributed by atoms with Gasteiger partial charge in [-0.1, -0.05) is 49.7 Å². The van der Waals surface area contributed by atoms with Crippen molar-refractivity contribution in [3.63, 3.8) is 0 Å². The highest BCUT2D eigenvalue weighted by Crippen LogP contribution is 2.15. The lowest BCUT2D eigenvalue weighted by molar-refractivity contribution is -0.0326. The van der Waals surface area contributed by atoms with E-state index in [1.54, 1.807) is 55.5 Å². The van der Waals surface area contributed by atoms with Crippen molar-refractivity contribution in [3.05, 3.63) is 71.8 Å². The molecule has 0 aliphatic heterocycles. The average molecular weight is 326 g/mol. The predicted molar refractivity (Wildman–Crippen MR) is 91.9 cm³/mol. The fourth-order valence-electron chi connectivity index (χ4n) is 2.34. The van der Waals surface area contributed by atoms with Gasteiger partial charge in [-0.2, -0.15) is 0 Å². The van der Waals surface area contributed by atoms with Gasteiger partial charge in [-0.05, 0) is 37.6 Å². The number of ether oxygens (including phenoxy) is 2. The SMILES string of the molecule is CCCC(OC(=O)c1ccccc1)C(C)OC(=O)c1ccccc1. The minimum Gasteiger partial charge on any atom is -0.455 e. The molecular formula is C20H22O4. The van der Waals surface area contributed by atoms with Gasteiger partial charge < -0.3 is 9.47 Å². The fraction of sp³-hybridized carbons (Fsp3) is 0.300. The van der Waals surface area contributed by atoms with Gasteiger partial charge in [-0.3, -0.25) is 0 Å². The molecule has 126 valence electrons. The molecule has 0 saturated carbocycles. The quantitative estimate of drug-likeness (QED) is 0.714. The van der Waals surface area contributed by atoms with Crippen LogP contribution in [0.15, 0.2) is 60.7 Å². The molecule has 0 bridgehead atoms. The third-order valence-corrected chi connectivity index (χ3v) is 3.67. The van der Waals surface area contributed by atoms with Crippen molar-refractivity contribution in [2.75, 3.05) is 0 Å². The van der Waals surface area contributed by atoms with Crippen molar-refractivity contribution < 1.29 is 19.1 Å². The molecule has 0 aromatic heterocycles. The molecule has 4 heteroatoms. The van der Waals surface area contributed by atoms with Crippen molar-refractivity contribution in [1.82, 2.24) is 0 Å². The van der Waals surface area contributed by atoms with E-state index in [0.717, 1.165) is 6.42 Å². The minimum atomic E-state index is -0.523. The Labute approximate surface area is 142 Å². The summed E-state index contributed by atoms with van der Waals surface area (Å²) in [6.07, 6.45) is 0.447. The Kier molecular flexibility index (Phi) is 6.55. The van der Waals surface area contributed by atoms with Crippen LogP contribution in [0.1, 0.15) is 47.4 Å². The van der Waals surface area contributed by atoms with E-state index >= 15 is 0 Å². The lowest BCUT2D eigenvalue weighted by Crippen LogP contribution is -2.33. The molecule has 0 aliphatic carbocycles. The van der Waals surface area contributed by atoms with E-state index in [1.165, 1.54) is 0 Å². The molecule has 0 fully saturated rings. The van der Waals surface area contributed by atoms with Crippen LogP contribution in [0.2, 0.25) is 0 Å². The number of hydrogen-bond donors (Lipinski definition) is 0. The number of benzene rings is 2. The summed E-state index contributed by atoms with van der Waals surface area (Å²) in [5.74, 6) is -0.823. The van der Waals surface area contributed by atoms with Crippen molar-refractivity contribution in [3.8, 4) is 0 Å². The van der Waals surface area contributed by atoms with Gasteiger partial charge in [0.2, 0.25) is 0 Å². The van der Waals surface area contributed by atoms with Gasteiger partial charge >= 0.3 is 11.9 Å². The molecule has 2 aromatic rings. The molecule has 0 saturated heterocycles. The van der Waals surface area contributed by atoms with Crippen LogP contribution in [0.4, 0.5) is 0 Å². The molecule has 0 spiro atoms. The summed E-state index contributed by atoms with van der Waals surface area (Å²) in [6.45, 7) is 3.74. The molecule has 0 radical (unpaired) electrons. The van der Waals surface area contributed by atoms with E-state index in [4.69, 9.17) is 9.47 Å². The first-order valence-electron chi connectivity index (χ1n) is 8.14. The Bertz CT molecular complexity index is 652. The first-order chi connectivity index (χ1) is 11.6. The average Bonchev–Trinajstić information content (AvgIpc) is 2.62. The predicted octanol–water partition coefficient (Wildman–Crippen LogP) is 4.26. The summed E-state index contributed by atoms with van der Waals surface area (Å²) in [7, 11) is 0. The van der Waals surface area contributed by atoms with E-state index in [1.807, 2.05) is 19.1 Å². The first kappa shape index (κ1) is 17.7. The highest BCUT2D eigenvalue weighted by atomic mass is 16.6. The number of carbonyl (C=O) groups is 2. The summed E-state index contributed by atoms with van der Waals surface area (Å²) < 4.78 is 11.0. The number of rotatable bonds is 7. The van der Waals surface area contributed by atoms with Gasteiger partial charge in [-0.25, -0.2) is 9.59 Å². The molecule has 4 nitrogen and oxygen atoms in total. The Morgan fingerprint density at radius 3 is 1.75 bits per heavy atom. The van der Waals surface area contributed by atoms with Crippen molar-refractivity contribution in [2.45, 2.75) is 38.9 Å². The van der Waals surface area contributed by atoms with Crippen LogP contribution in [0.25, 0.3) is 0 Å². The second-order valence-corrected chi connectivity index (χ2v) is 5.57. The first-order valence-corrected chi connectivity index (χ1v) is 8.14. The zero-order chi connectivity index (χ0) is 17.4. The zero-order valence-corrected chi connectivity index (χ0v) is 14.0. The zero-order valence-electron chi connectivity index (χ0n) is 14.0. The van der Waals surface area contributed by atoms with Gasteiger partial charge in [-0.15, -0.1) is 0 Å². The lowest BCUT2D eigenvalue weighted by Gasteiger charge is -2.24. The third-order valence-electron chi connectivity index (χ3n) is 3.67. The Morgan fingerprint density at radius 1 is 0.833 bits per heavy atom. The maximum Gasteiger partial charge on any atom is 0.338 e. The smallest absolute Gasteiger partial charge is 0.338 e. The minimum absolute atomic E-state index is 0.406. The second kappa shape index (κ2) is 8.87. The van der Waals surface area contributed by atoms with Gasteiger partial charge in [0, 0.05) is 0 Å². The van der Waals surface area contributed by atoms with Gasteiger partial charge in [0.05, 0.1) is 11.1 Å². The van der Waals surface area contributed by atoms with E-state index in [2.05, 4.69) is 0 Å². The second-order valence-electron chi connectivity index (χ2n) is 5.57. The van der Waals surface area contributed by atoms with Crippen LogP contribution in [0.5, 0.6) is 0 Å². The van der Waals surface area contributed by atoms with Gasteiger partial charge in [0.1, 0.15) is 12.2 Å². The van der Waals surface area contributed by atoms with Crippen LogP contribution in [0.3, 0.4) is 0 Å². The van der Waals surface area contributed by atoms with Gasteiger partial charge in [0.15, 0.2) is 0 Å². The van der Waals surface area contributed by atoms with Crippen LogP contribution in [0, 0.1) is 0 Å². The van der Waals surface area contributed by atoms with E-state index in [0.29, 0.717) is 17.5 Å². The molecule has 0 N–H and O–H groups in total. The van der Waals surface area contributed by atoms with Crippen molar-refractivity contribution in [1.29, 1.82) is 0 Å². The van der Waals surface area contributed by atoms with Crippen LogP contribution >= 0.6 is 0 Å². The van der Waals surface area contributed by atoms with E-state index in [-0.39, 0.29) is 0 Å². The van der Waals surface area contributed by atoms with Crippen LogP contribution in [-0.2, 0) is 9.47 Å². The molecule has 0 amide bonds. The summed E-state index contributed by atoms with van der Waals surface area (Å²) in [6, 6.07) is 17.6. The highest BCUT2D eigenvalue weighted by molar-refractivity contribution is 5.90. The van der Waals surface area contributed by atoms with E-state index in [9.17, 15) is 9.59 Å².